The van der Waals surface area contributed by atoms with Gasteiger partial charge in [-0.2, -0.15) is 0 Å². The van der Waals surface area contributed by atoms with Gasteiger partial charge in [-0.15, -0.1) is 0 Å². The molecule has 0 atom stereocenters. The van der Waals surface area contributed by atoms with Gasteiger partial charge in [0.05, 0.1) is 7.11 Å². The Labute approximate surface area is 120 Å². The zero-order chi connectivity index (χ0) is 14.1. The van der Waals surface area contributed by atoms with Gasteiger partial charge in [0, 0.05) is 16.0 Å². The van der Waals surface area contributed by atoms with Gasteiger partial charge in [0.2, 0.25) is 5.76 Å². The lowest BCUT2D eigenvalue weighted by molar-refractivity contribution is 0.0569. The smallest absolute Gasteiger partial charge is 0.374 e. The lowest BCUT2D eigenvalue weighted by Crippen LogP contribution is -2.00. The number of methoxy groups -OCH3 is 1. The third-order valence-electron chi connectivity index (χ3n) is 3.08. The summed E-state index contributed by atoms with van der Waals surface area (Å²) in [6.45, 7) is 0. The fourth-order valence-electron chi connectivity index (χ4n) is 2.20. The highest BCUT2D eigenvalue weighted by Crippen LogP contribution is 2.36. The summed E-state index contributed by atoms with van der Waals surface area (Å²) in [5, 5.41) is 1.39. The van der Waals surface area contributed by atoms with Gasteiger partial charge < -0.3 is 9.15 Å². The van der Waals surface area contributed by atoms with Crippen molar-refractivity contribution in [3.63, 3.8) is 0 Å². The number of carbonyl (C=O) groups excluding carboxylic acids is 1. The number of ether oxygens (including phenoxy) is 1. The van der Waals surface area contributed by atoms with Crippen molar-refractivity contribution in [3.8, 4) is 11.1 Å². The van der Waals surface area contributed by atoms with Crippen LogP contribution in [-0.2, 0) is 4.74 Å². The number of halogens is 1. The molecule has 0 saturated heterocycles. The molecule has 0 unspecified atom stereocenters. The van der Waals surface area contributed by atoms with Crippen LogP contribution in [0.4, 0.5) is 0 Å². The van der Waals surface area contributed by atoms with E-state index in [1.165, 1.54) is 7.11 Å². The zero-order valence-electron chi connectivity index (χ0n) is 10.7. The van der Waals surface area contributed by atoms with Gasteiger partial charge in [-0.1, -0.05) is 41.9 Å². The van der Waals surface area contributed by atoms with Crippen molar-refractivity contribution in [3.05, 3.63) is 59.3 Å². The maximum atomic E-state index is 11.9. The molecule has 1 heterocycles. The summed E-state index contributed by atoms with van der Waals surface area (Å²) in [6, 6.07) is 14.8. The van der Waals surface area contributed by atoms with Crippen LogP contribution in [0.5, 0.6) is 0 Å². The number of carbonyl (C=O) groups is 1. The van der Waals surface area contributed by atoms with Gasteiger partial charge in [0.1, 0.15) is 5.58 Å². The predicted octanol–water partition coefficient (Wildman–Crippen LogP) is 4.54. The molecule has 100 valence electrons. The first-order valence-electron chi connectivity index (χ1n) is 6.06. The van der Waals surface area contributed by atoms with E-state index < -0.39 is 5.97 Å². The molecule has 0 fully saturated rings. The quantitative estimate of drug-likeness (QED) is 0.649. The molecule has 3 aromatic rings. The largest absolute Gasteiger partial charge is 0.463 e. The Balaban J connectivity index is 2.36. The maximum absolute atomic E-state index is 11.9. The minimum Gasteiger partial charge on any atom is -0.463 e. The summed E-state index contributed by atoms with van der Waals surface area (Å²) in [5.74, 6) is -0.313. The first kappa shape index (κ1) is 12.8. The summed E-state index contributed by atoms with van der Waals surface area (Å²) < 4.78 is 10.4. The van der Waals surface area contributed by atoms with E-state index in [1.807, 2.05) is 30.3 Å². The summed E-state index contributed by atoms with van der Waals surface area (Å²) in [4.78, 5) is 11.9. The number of hydrogen-bond acceptors (Lipinski definition) is 3. The second-order valence-electron chi connectivity index (χ2n) is 4.30. The van der Waals surface area contributed by atoms with Crippen LogP contribution in [0.25, 0.3) is 22.1 Å². The molecular weight excluding hydrogens is 276 g/mol. The number of fused-ring (bicyclic) bond motifs is 1. The van der Waals surface area contributed by atoms with E-state index in [4.69, 9.17) is 20.8 Å². The van der Waals surface area contributed by atoms with Gasteiger partial charge >= 0.3 is 5.97 Å². The van der Waals surface area contributed by atoms with E-state index in [0.717, 1.165) is 10.9 Å². The lowest BCUT2D eigenvalue weighted by Gasteiger charge is -2.02. The van der Waals surface area contributed by atoms with Crippen LogP contribution < -0.4 is 0 Å². The molecule has 0 aliphatic rings. The van der Waals surface area contributed by atoms with Crippen LogP contribution in [0.15, 0.2) is 52.9 Å². The van der Waals surface area contributed by atoms with Crippen molar-refractivity contribution in [1.82, 2.24) is 0 Å². The Morgan fingerprint density at radius 3 is 2.60 bits per heavy atom. The molecule has 0 radical (unpaired) electrons. The highest BCUT2D eigenvalue weighted by Gasteiger charge is 2.22. The van der Waals surface area contributed by atoms with Crippen LogP contribution in [0.1, 0.15) is 10.6 Å². The zero-order valence-corrected chi connectivity index (χ0v) is 11.5. The van der Waals surface area contributed by atoms with Crippen molar-refractivity contribution in [2.24, 2.45) is 0 Å². The van der Waals surface area contributed by atoms with E-state index in [9.17, 15) is 4.79 Å². The van der Waals surface area contributed by atoms with E-state index in [-0.39, 0.29) is 5.76 Å². The molecule has 3 nitrogen and oxygen atoms in total. The Hall–Kier alpha value is -2.26. The van der Waals surface area contributed by atoms with Gasteiger partial charge in [-0.05, 0) is 23.8 Å². The highest BCUT2D eigenvalue weighted by atomic mass is 35.5. The first-order valence-corrected chi connectivity index (χ1v) is 6.44. The SMILES string of the molecule is COC(=O)c1oc2ccc(Cl)cc2c1-c1ccccc1. The second kappa shape index (κ2) is 5.02. The number of furan rings is 1. The van der Waals surface area contributed by atoms with Gasteiger partial charge in [0.25, 0.3) is 0 Å². The molecule has 2 aromatic carbocycles. The second-order valence-corrected chi connectivity index (χ2v) is 4.74. The Kier molecular flexibility index (Phi) is 3.20. The van der Waals surface area contributed by atoms with E-state index in [2.05, 4.69) is 0 Å². The summed E-state index contributed by atoms with van der Waals surface area (Å²) in [5.41, 5.74) is 2.19. The summed E-state index contributed by atoms with van der Waals surface area (Å²) in [7, 11) is 1.33. The normalized spacial score (nSPS) is 10.7. The maximum Gasteiger partial charge on any atom is 0.374 e. The number of benzene rings is 2. The van der Waals surface area contributed by atoms with Crippen molar-refractivity contribution in [2.45, 2.75) is 0 Å². The summed E-state index contributed by atoms with van der Waals surface area (Å²) in [6.07, 6.45) is 0. The molecule has 3 rings (SSSR count). The summed E-state index contributed by atoms with van der Waals surface area (Å²) >= 11 is 6.04. The van der Waals surface area contributed by atoms with Crippen molar-refractivity contribution in [1.29, 1.82) is 0 Å². The monoisotopic (exact) mass is 286 g/mol. The molecule has 4 heteroatoms. The van der Waals surface area contributed by atoms with Crippen LogP contribution in [0, 0.1) is 0 Å². The van der Waals surface area contributed by atoms with Gasteiger partial charge in [0.15, 0.2) is 0 Å². The molecule has 0 N–H and O–H groups in total. The Morgan fingerprint density at radius 1 is 1.15 bits per heavy atom. The molecule has 0 saturated carbocycles. The fourth-order valence-corrected chi connectivity index (χ4v) is 2.37. The van der Waals surface area contributed by atoms with Crippen molar-refractivity contribution >= 4 is 28.5 Å². The van der Waals surface area contributed by atoms with Crippen molar-refractivity contribution in [2.75, 3.05) is 7.11 Å². The van der Waals surface area contributed by atoms with Crippen molar-refractivity contribution < 1.29 is 13.9 Å². The number of hydrogen-bond donors (Lipinski definition) is 0. The van der Waals surface area contributed by atoms with Crippen LogP contribution in [0.3, 0.4) is 0 Å². The molecule has 0 bridgehead atoms. The molecule has 20 heavy (non-hydrogen) atoms. The van der Waals surface area contributed by atoms with Gasteiger partial charge in [-0.25, -0.2) is 4.79 Å². The molecule has 0 amide bonds. The van der Waals surface area contributed by atoms with E-state index in [0.29, 0.717) is 16.2 Å². The molecule has 0 spiro atoms. The number of esters is 1. The molecule has 0 aliphatic carbocycles. The Bertz CT molecular complexity index is 775. The fraction of sp³-hybridized carbons (Fsp3) is 0.0625. The third kappa shape index (κ3) is 2.06. The average Bonchev–Trinajstić information content (AvgIpc) is 2.85. The standard InChI is InChI=1S/C16H11ClO3/c1-19-16(18)15-14(10-5-3-2-4-6-10)12-9-11(17)7-8-13(12)20-15/h2-9H,1H3. The van der Waals surface area contributed by atoms with E-state index >= 15 is 0 Å². The average molecular weight is 287 g/mol. The van der Waals surface area contributed by atoms with Crippen LogP contribution in [0.2, 0.25) is 5.02 Å². The highest BCUT2D eigenvalue weighted by molar-refractivity contribution is 6.31. The third-order valence-corrected chi connectivity index (χ3v) is 3.32. The topological polar surface area (TPSA) is 39.4 Å². The molecular formula is C16H11ClO3. The molecule has 1 aromatic heterocycles. The van der Waals surface area contributed by atoms with E-state index in [1.54, 1.807) is 18.2 Å². The van der Waals surface area contributed by atoms with Gasteiger partial charge in [-0.3, -0.25) is 0 Å². The predicted molar refractivity (Wildman–Crippen MR) is 78.0 cm³/mol. The van der Waals surface area contributed by atoms with Crippen LogP contribution >= 0.6 is 11.6 Å². The Morgan fingerprint density at radius 2 is 1.90 bits per heavy atom. The minimum atomic E-state index is -0.504. The molecule has 0 aliphatic heterocycles. The minimum absolute atomic E-state index is 0.191. The number of rotatable bonds is 2. The first-order chi connectivity index (χ1) is 9.70. The lowest BCUT2D eigenvalue weighted by atomic mass is 10.0. The van der Waals surface area contributed by atoms with Crippen LogP contribution in [-0.4, -0.2) is 13.1 Å².